The molecule has 4 nitrogen and oxygen atoms in total. The summed E-state index contributed by atoms with van der Waals surface area (Å²) in [6.07, 6.45) is 3.40. The van der Waals surface area contributed by atoms with Crippen molar-refractivity contribution in [1.29, 1.82) is 0 Å². The summed E-state index contributed by atoms with van der Waals surface area (Å²) in [6.45, 7) is 1.77. The lowest BCUT2D eigenvalue weighted by Gasteiger charge is -2.23. The largest absolute Gasteiger partial charge is 0.338 e. The van der Waals surface area contributed by atoms with Crippen LogP contribution in [0.2, 0.25) is 0 Å². The Labute approximate surface area is 160 Å². The van der Waals surface area contributed by atoms with Gasteiger partial charge in [0.25, 0.3) is 0 Å². The van der Waals surface area contributed by atoms with Crippen LogP contribution in [-0.4, -0.2) is 29.0 Å². The summed E-state index contributed by atoms with van der Waals surface area (Å²) in [5.41, 5.74) is 3.34. The van der Waals surface area contributed by atoms with Gasteiger partial charge in [-0.05, 0) is 36.1 Å². The third-order valence-corrected chi connectivity index (χ3v) is 4.41. The van der Waals surface area contributed by atoms with Crippen molar-refractivity contribution in [2.75, 3.05) is 13.1 Å². The monoisotopic (exact) mass is 359 g/mol. The molecule has 4 heteroatoms. The van der Waals surface area contributed by atoms with Crippen molar-refractivity contribution < 1.29 is 4.79 Å². The third-order valence-electron chi connectivity index (χ3n) is 4.41. The molecule has 0 radical (unpaired) electrons. The molecule has 0 saturated carbocycles. The predicted octanol–water partition coefficient (Wildman–Crippen LogP) is 4.08. The van der Waals surface area contributed by atoms with Crippen molar-refractivity contribution in [3.05, 3.63) is 102 Å². The van der Waals surface area contributed by atoms with E-state index in [1.807, 2.05) is 59.5 Å². The molecule has 1 N–H and O–H groups in total. The van der Waals surface area contributed by atoms with Crippen LogP contribution in [0.25, 0.3) is 0 Å². The van der Waals surface area contributed by atoms with Crippen molar-refractivity contribution >= 4 is 6.03 Å². The van der Waals surface area contributed by atoms with Crippen molar-refractivity contribution in [2.45, 2.75) is 19.4 Å². The minimum absolute atomic E-state index is 0.0486. The van der Waals surface area contributed by atoms with Gasteiger partial charge in [-0.2, -0.15) is 0 Å². The number of urea groups is 1. The molecule has 138 valence electrons. The number of hydrogen-bond donors (Lipinski definition) is 1. The summed E-state index contributed by atoms with van der Waals surface area (Å²) in [4.78, 5) is 18.9. The SMILES string of the molecule is O=C(NCCc1ccccc1)N(CCc1ccccc1)Cc1ccccn1. The smallest absolute Gasteiger partial charge is 0.317 e. The van der Waals surface area contributed by atoms with Gasteiger partial charge in [0.1, 0.15) is 0 Å². The van der Waals surface area contributed by atoms with Crippen LogP contribution in [0.15, 0.2) is 85.1 Å². The molecular formula is C23H25N3O. The van der Waals surface area contributed by atoms with Crippen LogP contribution >= 0.6 is 0 Å². The van der Waals surface area contributed by atoms with Crippen molar-refractivity contribution in [3.63, 3.8) is 0 Å². The van der Waals surface area contributed by atoms with Crippen LogP contribution in [0.1, 0.15) is 16.8 Å². The molecule has 0 saturated heterocycles. The summed E-state index contributed by atoms with van der Waals surface area (Å²) in [7, 11) is 0. The van der Waals surface area contributed by atoms with Gasteiger partial charge >= 0.3 is 6.03 Å². The molecule has 0 aliphatic carbocycles. The topological polar surface area (TPSA) is 45.2 Å². The molecule has 0 bridgehead atoms. The van der Waals surface area contributed by atoms with Crippen LogP contribution in [0, 0.1) is 0 Å². The van der Waals surface area contributed by atoms with E-state index in [1.165, 1.54) is 11.1 Å². The number of nitrogens with one attached hydrogen (secondary N) is 1. The fraction of sp³-hybridized carbons (Fsp3) is 0.217. The van der Waals surface area contributed by atoms with Crippen LogP contribution in [0.3, 0.4) is 0 Å². The van der Waals surface area contributed by atoms with Crippen LogP contribution in [0.5, 0.6) is 0 Å². The molecule has 0 unspecified atom stereocenters. The first-order valence-electron chi connectivity index (χ1n) is 9.32. The maximum Gasteiger partial charge on any atom is 0.317 e. The van der Waals surface area contributed by atoms with Crippen molar-refractivity contribution in [1.82, 2.24) is 15.2 Å². The highest BCUT2D eigenvalue weighted by molar-refractivity contribution is 5.74. The highest BCUT2D eigenvalue weighted by atomic mass is 16.2. The van der Waals surface area contributed by atoms with Gasteiger partial charge in [-0.15, -0.1) is 0 Å². The van der Waals surface area contributed by atoms with E-state index in [9.17, 15) is 4.79 Å². The number of carbonyl (C=O) groups is 1. The molecule has 3 rings (SSSR count). The zero-order valence-electron chi connectivity index (χ0n) is 15.4. The van der Waals surface area contributed by atoms with Gasteiger partial charge in [-0.3, -0.25) is 4.98 Å². The Kier molecular flexibility index (Phi) is 6.99. The lowest BCUT2D eigenvalue weighted by atomic mass is 10.1. The second-order valence-electron chi connectivity index (χ2n) is 6.45. The number of carbonyl (C=O) groups excluding carboxylic acids is 1. The van der Waals surface area contributed by atoms with E-state index in [0.29, 0.717) is 19.6 Å². The lowest BCUT2D eigenvalue weighted by Crippen LogP contribution is -2.41. The van der Waals surface area contributed by atoms with Gasteiger partial charge < -0.3 is 10.2 Å². The van der Waals surface area contributed by atoms with Crippen LogP contribution in [-0.2, 0) is 19.4 Å². The first kappa shape index (κ1) is 18.6. The Morgan fingerprint density at radius 2 is 1.44 bits per heavy atom. The molecule has 1 heterocycles. The summed E-state index contributed by atoms with van der Waals surface area (Å²) in [5, 5.41) is 3.05. The number of aromatic nitrogens is 1. The minimum atomic E-state index is -0.0486. The predicted molar refractivity (Wildman–Crippen MR) is 108 cm³/mol. The summed E-state index contributed by atoms with van der Waals surface area (Å²) < 4.78 is 0. The molecule has 3 aromatic rings. The normalized spacial score (nSPS) is 10.4. The fourth-order valence-electron chi connectivity index (χ4n) is 2.92. The Morgan fingerprint density at radius 1 is 0.815 bits per heavy atom. The number of pyridine rings is 1. The molecule has 0 fully saturated rings. The summed E-state index contributed by atoms with van der Waals surface area (Å²) in [5.74, 6) is 0. The Morgan fingerprint density at radius 3 is 2.07 bits per heavy atom. The van der Waals surface area contributed by atoms with Crippen LogP contribution in [0.4, 0.5) is 4.79 Å². The van der Waals surface area contributed by atoms with E-state index in [0.717, 1.165) is 18.5 Å². The lowest BCUT2D eigenvalue weighted by molar-refractivity contribution is 0.195. The Hall–Kier alpha value is -3.14. The second kappa shape index (κ2) is 10.1. The Bertz CT molecular complexity index is 807. The second-order valence-corrected chi connectivity index (χ2v) is 6.45. The van der Waals surface area contributed by atoms with E-state index in [2.05, 4.69) is 34.6 Å². The summed E-state index contributed by atoms with van der Waals surface area (Å²) >= 11 is 0. The zero-order chi connectivity index (χ0) is 18.7. The number of amides is 2. The first-order valence-corrected chi connectivity index (χ1v) is 9.32. The van der Waals surface area contributed by atoms with Gasteiger partial charge in [0.05, 0.1) is 12.2 Å². The number of hydrogen-bond acceptors (Lipinski definition) is 2. The average molecular weight is 359 g/mol. The zero-order valence-corrected chi connectivity index (χ0v) is 15.4. The minimum Gasteiger partial charge on any atom is -0.338 e. The number of rotatable bonds is 8. The quantitative estimate of drug-likeness (QED) is 0.659. The molecule has 0 spiro atoms. The first-order chi connectivity index (χ1) is 13.3. The summed E-state index contributed by atoms with van der Waals surface area (Å²) in [6, 6.07) is 26.2. The van der Waals surface area contributed by atoms with Crippen molar-refractivity contribution in [3.8, 4) is 0 Å². The van der Waals surface area contributed by atoms with E-state index in [4.69, 9.17) is 0 Å². The highest BCUT2D eigenvalue weighted by Gasteiger charge is 2.14. The maximum atomic E-state index is 12.7. The van der Waals surface area contributed by atoms with Crippen LogP contribution < -0.4 is 5.32 Å². The molecular weight excluding hydrogens is 334 g/mol. The number of nitrogens with zero attached hydrogens (tertiary/aromatic N) is 2. The molecule has 0 aliphatic heterocycles. The average Bonchev–Trinajstić information content (AvgIpc) is 2.73. The van der Waals surface area contributed by atoms with Gasteiger partial charge in [0.2, 0.25) is 0 Å². The number of benzene rings is 2. The molecule has 0 aliphatic rings. The Balaban J connectivity index is 1.58. The van der Waals surface area contributed by atoms with Crippen molar-refractivity contribution in [2.24, 2.45) is 0 Å². The van der Waals surface area contributed by atoms with E-state index in [1.54, 1.807) is 6.20 Å². The standard InChI is InChI=1S/C23H25N3O/c27-23(25-17-14-20-9-3-1-4-10-20)26(19-22-13-7-8-16-24-22)18-15-21-11-5-2-6-12-21/h1-13,16H,14-15,17-19H2,(H,25,27). The van der Waals surface area contributed by atoms with Gasteiger partial charge in [-0.1, -0.05) is 66.7 Å². The maximum absolute atomic E-state index is 12.7. The fourth-order valence-corrected chi connectivity index (χ4v) is 2.92. The molecule has 2 aromatic carbocycles. The van der Waals surface area contributed by atoms with Gasteiger partial charge in [-0.25, -0.2) is 4.79 Å². The molecule has 0 atom stereocenters. The molecule has 27 heavy (non-hydrogen) atoms. The van der Waals surface area contributed by atoms with Gasteiger partial charge in [0, 0.05) is 19.3 Å². The van der Waals surface area contributed by atoms with E-state index < -0.39 is 0 Å². The third kappa shape index (κ3) is 6.26. The van der Waals surface area contributed by atoms with E-state index >= 15 is 0 Å². The van der Waals surface area contributed by atoms with E-state index in [-0.39, 0.29) is 6.03 Å². The highest BCUT2D eigenvalue weighted by Crippen LogP contribution is 2.06. The molecule has 2 amide bonds. The molecule has 1 aromatic heterocycles. The van der Waals surface area contributed by atoms with Gasteiger partial charge in [0.15, 0.2) is 0 Å².